The number of rotatable bonds is 10. The molecule has 9 heteroatoms. The Morgan fingerprint density at radius 3 is 2.71 bits per heavy atom. The normalized spacial score (nSPS) is 18.4. The highest BCUT2D eigenvalue weighted by molar-refractivity contribution is 6.31. The molecule has 41 heavy (non-hydrogen) atoms. The van der Waals surface area contributed by atoms with Gasteiger partial charge in [-0.1, -0.05) is 74.2 Å². The van der Waals surface area contributed by atoms with E-state index in [-0.39, 0.29) is 18.1 Å². The third kappa shape index (κ3) is 7.29. The number of ether oxygens (including phenoxy) is 2. The first-order valence-corrected chi connectivity index (χ1v) is 15.2. The average Bonchev–Trinajstić information content (AvgIpc) is 3.35. The van der Waals surface area contributed by atoms with Crippen molar-refractivity contribution in [2.75, 3.05) is 11.4 Å². The second-order valence-corrected chi connectivity index (χ2v) is 11.3. The second kappa shape index (κ2) is 14.0. The number of fused-ring (bicyclic) bond motifs is 1. The maximum Gasteiger partial charge on any atom is 0.414 e. The van der Waals surface area contributed by atoms with Crippen molar-refractivity contribution >= 4 is 29.4 Å². The molecule has 2 heterocycles. The van der Waals surface area contributed by atoms with Gasteiger partial charge in [0, 0.05) is 30.1 Å². The highest BCUT2D eigenvalue weighted by Gasteiger charge is 2.32. The molecule has 1 aromatic heterocycles. The molecule has 3 aromatic rings. The third-order valence-electron chi connectivity index (χ3n) is 7.82. The number of unbranched alkanes of at least 4 members (excludes halogenated alkanes) is 1. The molecule has 1 N–H and O–H groups in total. The van der Waals surface area contributed by atoms with Crippen LogP contribution < -0.4 is 15.0 Å². The number of halogens is 1. The highest BCUT2D eigenvalue weighted by Crippen LogP contribution is 2.34. The fourth-order valence-corrected chi connectivity index (χ4v) is 5.81. The van der Waals surface area contributed by atoms with Gasteiger partial charge in [-0.05, 0) is 55.9 Å². The Bertz CT molecular complexity index is 1330. The summed E-state index contributed by atoms with van der Waals surface area (Å²) in [6.07, 6.45) is 7.53. The summed E-state index contributed by atoms with van der Waals surface area (Å²) in [6, 6.07) is 16.8. The summed E-state index contributed by atoms with van der Waals surface area (Å²) in [5, 5.41) is 3.57. The molecular weight excluding hydrogens is 540 g/mol. The number of benzene rings is 2. The van der Waals surface area contributed by atoms with Crippen LogP contribution in [0.15, 0.2) is 54.6 Å². The summed E-state index contributed by atoms with van der Waals surface area (Å²) in [5.74, 6) is 1.32. The van der Waals surface area contributed by atoms with Crippen LogP contribution >= 0.6 is 11.6 Å². The standard InChI is InChI=1S/C32H39ClN4O4/c1-2-3-19-37(30(38)24-14-11-15-25(33)21-24)29-31(36-20-10-9-18-28(36)35-29)41-32(39)34-26-16-7-8-17-27(26)40-22-23-12-5-4-6-13-23/h4-6,11-15,21,26-27H,2-3,7-10,16-20,22H2,1H3,(H,34,39). The van der Waals surface area contributed by atoms with Gasteiger partial charge in [-0.25, -0.2) is 9.78 Å². The molecule has 0 spiro atoms. The van der Waals surface area contributed by atoms with Crippen molar-refractivity contribution in [1.29, 1.82) is 0 Å². The molecule has 2 atom stereocenters. The molecular formula is C32H39ClN4O4. The zero-order valence-electron chi connectivity index (χ0n) is 23.7. The van der Waals surface area contributed by atoms with Crippen LogP contribution in [0.4, 0.5) is 10.6 Å². The van der Waals surface area contributed by atoms with Crippen LogP contribution in [0.5, 0.6) is 5.88 Å². The van der Waals surface area contributed by atoms with Gasteiger partial charge in [0.25, 0.3) is 5.91 Å². The van der Waals surface area contributed by atoms with Crippen molar-refractivity contribution in [3.8, 4) is 5.88 Å². The fourth-order valence-electron chi connectivity index (χ4n) is 5.62. The van der Waals surface area contributed by atoms with E-state index in [1.54, 1.807) is 29.2 Å². The van der Waals surface area contributed by atoms with Gasteiger partial charge in [-0.15, -0.1) is 0 Å². The lowest BCUT2D eigenvalue weighted by atomic mass is 9.92. The number of anilines is 1. The molecule has 1 aliphatic carbocycles. The van der Waals surface area contributed by atoms with Crippen LogP contribution in [0.3, 0.4) is 0 Å². The number of nitrogens with one attached hydrogen (secondary N) is 1. The zero-order valence-corrected chi connectivity index (χ0v) is 24.4. The Morgan fingerprint density at radius 2 is 1.90 bits per heavy atom. The number of aryl methyl sites for hydroxylation is 1. The third-order valence-corrected chi connectivity index (χ3v) is 8.06. The predicted octanol–water partition coefficient (Wildman–Crippen LogP) is 6.94. The summed E-state index contributed by atoms with van der Waals surface area (Å²) < 4.78 is 14.2. The van der Waals surface area contributed by atoms with Crippen LogP contribution in [0, 0.1) is 0 Å². The number of nitrogens with zero attached hydrogens (tertiary/aromatic N) is 3. The van der Waals surface area contributed by atoms with Gasteiger partial charge in [0.05, 0.1) is 18.8 Å². The quantitative estimate of drug-likeness (QED) is 0.282. The Morgan fingerprint density at radius 1 is 1.07 bits per heavy atom. The SMILES string of the molecule is CCCCN(C(=O)c1cccc(Cl)c1)c1nc2n(c1OC(=O)NC1CCCCC1OCc1ccccc1)CCCC2. The van der Waals surface area contributed by atoms with Crippen molar-refractivity contribution in [1.82, 2.24) is 14.9 Å². The van der Waals surface area contributed by atoms with Gasteiger partial charge in [-0.3, -0.25) is 14.3 Å². The Kier molecular flexibility index (Phi) is 9.96. The number of carbonyl (C=O) groups is 2. The Labute approximate surface area is 247 Å². The van der Waals surface area contributed by atoms with Crippen LogP contribution in [0.1, 0.15) is 80.0 Å². The van der Waals surface area contributed by atoms with Gasteiger partial charge in [-0.2, -0.15) is 0 Å². The summed E-state index contributed by atoms with van der Waals surface area (Å²) in [5.41, 5.74) is 1.57. The second-order valence-electron chi connectivity index (χ2n) is 10.8. The Hall–Kier alpha value is -3.36. The van der Waals surface area contributed by atoms with Gasteiger partial charge in [0.2, 0.25) is 5.88 Å². The van der Waals surface area contributed by atoms with Gasteiger partial charge in [0.15, 0.2) is 5.82 Å². The number of aromatic nitrogens is 2. The molecule has 1 aliphatic heterocycles. The highest BCUT2D eigenvalue weighted by atomic mass is 35.5. The molecule has 2 aromatic carbocycles. The number of carbonyl (C=O) groups excluding carboxylic acids is 2. The van der Waals surface area contributed by atoms with E-state index in [0.29, 0.717) is 42.0 Å². The first-order valence-electron chi connectivity index (χ1n) is 14.8. The van der Waals surface area contributed by atoms with E-state index < -0.39 is 6.09 Å². The number of amides is 2. The number of hydrogen-bond acceptors (Lipinski definition) is 5. The maximum absolute atomic E-state index is 13.7. The first kappa shape index (κ1) is 29.1. The van der Waals surface area contributed by atoms with Crippen molar-refractivity contribution in [3.63, 3.8) is 0 Å². The number of imidazole rings is 1. The lowest BCUT2D eigenvalue weighted by Crippen LogP contribution is -2.47. The van der Waals surface area contributed by atoms with E-state index in [9.17, 15) is 9.59 Å². The van der Waals surface area contributed by atoms with E-state index in [4.69, 9.17) is 26.1 Å². The van der Waals surface area contributed by atoms with Crippen molar-refractivity contribution in [2.24, 2.45) is 0 Å². The average molecular weight is 579 g/mol. The van der Waals surface area contributed by atoms with E-state index in [2.05, 4.69) is 12.2 Å². The fraction of sp³-hybridized carbons (Fsp3) is 0.469. The van der Waals surface area contributed by atoms with Crippen LogP contribution in [0.25, 0.3) is 0 Å². The molecule has 8 nitrogen and oxygen atoms in total. The summed E-state index contributed by atoms with van der Waals surface area (Å²) in [4.78, 5) is 33.6. The molecule has 2 aliphatic rings. The van der Waals surface area contributed by atoms with Crippen LogP contribution in [-0.2, 0) is 24.3 Å². The van der Waals surface area contributed by atoms with E-state index in [1.807, 2.05) is 34.9 Å². The molecule has 1 fully saturated rings. The van der Waals surface area contributed by atoms with Crippen molar-refractivity contribution < 1.29 is 19.1 Å². The Balaban J connectivity index is 1.36. The lowest BCUT2D eigenvalue weighted by molar-refractivity contribution is -0.00415. The predicted molar refractivity (Wildman–Crippen MR) is 160 cm³/mol. The largest absolute Gasteiger partial charge is 0.414 e. The minimum Gasteiger partial charge on any atom is -0.389 e. The first-order chi connectivity index (χ1) is 20.0. The van der Waals surface area contributed by atoms with E-state index in [0.717, 1.165) is 69.2 Å². The molecule has 0 saturated heterocycles. The zero-order chi connectivity index (χ0) is 28.6. The minimum atomic E-state index is -0.551. The van der Waals surface area contributed by atoms with Gasteiger partial charge >= 0.3 is 6.09 Å². The molecule has 5 rings (SSSR count). The van der Waals surface area contributed by atoms with Crippen LogP contribution in [0.2, 0.25) is 5.02 Å². The molecule has 0 bridgehead atoms. The molecule has 2 unspecified atom stereocenters. The molecule has 2 amide bonds. The monoisotopic (exact) mass is 578 g/mol. The summed E-state index contributed by atoms with van der Waals surface area (Å²) >= 11 is 6.21. The van der Waals surface area contributed by atoms with E-state index in [1.165, 1.54) is 0 Å². The molecule has 0 radical (unpaired) electrons. The van der Waals surface area contributed by atoms with Crippen molar-refractivity contribution in [2.45, 2.75) is 90.0 Å². The van der Waals surface area contributed by atoms with Gasteiger partial charge in [0.1, 0.15) is 5.82 Å². The number of hydrogen-bond donors (Lipinski definition) is 1. The molecule has 1 saturated carbocycles. The maximum atomic E-state index is 13.7. The van der Waals surface area contributed by atoms with E-state index >= 15 is 0 Å². The molecule has 218 valence electrons. The lowest BCUT2D eigenvalue weighted by Gasteiger charge is -2.32. The van der Waals surface area contributed by atoms with Crippen LogP contribution in [-0.4, -0.2) is 40.2 Å². The van der Waals surface area contributed by atoms with Crippen molar-refractivity contribution in [3.05, 3.63) is 76.6 Å². The smallest absolute Gasteiger partial charge is 0.389 e. The minimum absolute atomic E-state index is 0.0965. The van der Waals surface area contributed by atoms with Gasteiger partial charge < -0.3 is 14.8 Å². The topological polar surface area (TPSA) is 85.7 Å². The summed E-state index contributed by atoms with van der Waals surface area (Å²) in [6.45, 7) is 3.71. The summed E-state index contributed by atoms with van der Waals surface area (Å²) in [7, 11) is 0.